The number of nitrogens with one attached hydrogen (secondary N) is 2. The Kier molecular flexibility index (Phi) is 7.11. The molecule has 10 nitrogen and oxygen atoms in total. The normalized spacial score (nSPS) is 14.2. The number of hydrogen-bond donors (Lipinski definition) is 2. The number of anilines is 1. The van der Waals surface area contributed by atoms with Crippen LogP contribution < -0.4 is 19.8 Å². The summed E-state index contributed by atoms with van der Waals surface area (Å²) in [6, 6.07) is 11.1. The summed E-state index contributed by atoms with van der Waals surface area (Å²) in [5.41, 5.74) is 1.50. The molecule has 0 bridgehead atoms. The van der Waals surface area contributed by atoms with Gasteiger partial charge in [0.1, 0.15) is 17.3 Å². The van der Waals surface area contributed by atoms with Gasteiger partial charge in [-0.1, -0.05) is 12.8 Å². The fraction of sp³-hybridized carbons (Fsp3) is 0.370. The average molecular weight is 538 g/mol. The zero-order valence-electron chi connectivity index (χ0n) is 21.7. The maximum absolute atomic E-state index is 13.1. The number of ether oxygens (including phenoxy) is 2. The molecule has 38 heavy (non-hydrogen) atoms. The molecule has 0 amide bonds. The van der Waals surface area contributed by atoms with Crippen LogP contribution in [0.5, 0.6) is 11.5 Å². The second kappa shape index (κ2) is 10.5. The predicted octanol–water partition coefficient (Wildman–Crippen LogP) is 4.65. The fourth-order valence-corrected chi connectivity index (χ4v) is 5.97. The molecule has 1 aliphatic rings. The molecular formula is C27H31N5O5S. The number of imidazole rings is 1. The monoisotopic (exact) mass is 537 g/mol. The van der Waals surface area contributed by atoms with Crippen LogP contribution in [-0.2, 0) is 10.0 Å². The topological polar surface area (TPSA) is 128 Å². The van der Waals surface area contributed by atoms with E-state index in [1.165, 1.54) is 12.1 Å². The lowest BCUT2D eigenvalue weighted by molar-refractivity contribution is 0.340. The number of aromatic amines is 1. The van der Waals surface area contributed by atoms with Crippen LogP contribution in [0.3, 0.4) is 0 Å². The van der Waals surface area contributed by atoms with E-state index in [0.29, 0.717) is 47.2 Å². The van der Waals surface area contributed by atoms with E-state index in [1.807, 2.05) is 20.8 Å². The van der Waals surface area contributed by atoms with E-state index in [1.54, 1.807) is 34.8 Å². The summed E-state index contributed by atoms with van der Waals surface area (Å²) in [4.78, 5) is 20.8. The molecule has 0 aliphatic heterocycles. The van der Waals surface area contributed by atoms with Crippen molar-refractivity contribution in [2.75, 3.05) is 17.9 Å². The van der Waals surface area contributed by atoms with Crippen molar-refractivity contribution < 1.29 is 17.9 Å². The van der Waals surface area contributed by atoms with Crippen LogP contribution in [0.4, 0.5) is 5.69 Å². The highest BCUT2D eigenvalue weighted by Gasteiger charge is 2.25. The van der Waals surface area contributed by atoms with Crippen molar-refractivity contribution in [2.24, 2.45) is 0 Å². The molecule has 0 unspecified atom stereocenters. The number of sulfonamides is 1. The zero-order valence-corrected chi connectivity index (χ0v) is 22.5. The number of aryl methyl sites for hydroxylation is 1. The van der Waals surface area contributed by atoms with E-state index in [0.717, 1.165) is 31.5 Å². The van der Waals surface area contributed by atoms with Gasteiger partial charge in [0.15, 0.2) is 11.3 Å². The highest BCUT2D eigenvalue weighted by atomic mass is 32.2. The van der Waals surface area contributed by atoms with E-state index < -0.39 is 10.0 Å². The van der Waals surface area contributed by atoms with Crippen molar-refractivity contribution in [2.45, 2.75) is 57.3 Å². The van der Waals surface area contributed by atoms with Crippen molar-refractivity contribution in [3.05, 3.63) is 64.3 Å². The molecule has 1 aliphatic carbocycles. The quantitative estimate of drug-likeness (QED) is 0.318. The first-order valence-corrected chi connectivity index (χ1v) is 14.3. The lowest BCUT2D eigenvalue weighted by atomic mass is 10.1. The largest absolute Gasteiger partial charge is 0.494 e. The number of benzene rings is 2. The van der Waals surface area contributed by atoms with Crippen LogP contribution in [-0.4, -0.2) is 41.2 Å². The third-order valence-electron chi connectivity index (χ3n) is 6.65. The van der Waals surface area contributed by atoms with E-state index in [2.05, 4.69) is 9.71 Å². The predicted molar refractivity (Wildman–Crippen MR) is 145 cm³/mol. The number of fused-ring (bicyclic) bond motifs is 1. The van der Waals surface area contributed by atoms with Crippen LogP contribution in [0.1, 0.15) is 57.0 Å². The summed E-state index contributed by atoms with van der Waals surface area (Å²) in [5, 5.41) is 4.76. The van der Waals surface area contributed by atoms with Crippen LogP contribution in [0, 0.1) is 6.92 Å². The van der Waals surface area contributed by atoms with E-state index in [4.69, 9.17) is 19.6 Å². The lowest BCUT2D eigenvalue weighted by Crippen LogP contribution is -2.17. The van der Waals surface area contributed by atoms with Gasteiger partial charge < -0.3 is 14.5 Å². The van der Waals surface area contributed by atoms with Gasteiger partial charge in [-0.2, -0.15) is 0 Å². The van der Waals surface area contributed by atoms with Crippen molar-refractivity contribution in [1.29, 1.82) is 0 Å². The van der Waals surface area contributed by atoms with Crippen molar-refractivity contribution in [1.82, 2.24) is 19.6 Å². The number of hydrogen-bond acceptors (Lipinski definition) is 7. The van der Waals surface area contributed by atoms with Gasteiger partial charge in [0, 0.05) is 11.6 Å². The van der Waals surface area contributed by atoms with Crippen molar-refractivity contribution >= 4 is 21.2 Å². The maximum atomic E-state index is 13.1. The third kappa shape index (κ3) is 4.98. The number of aromatic nitrogens is 4. The van der Waals surface area contributed by atoms with Gasteiger partial charge in [0.25, 0.3) is 15.6 Å². The third-order valence-corrected chi connectivity index (χ3v) is 8.05. The second-order valence-electron chi connectivity index (χ2n) is 9.25. The zero-order chi connectivity index (χ0) is 26.9. The first-order chi connectivity index (χ1) is 18.3. The van der Waals surface area contributed by atoms with Crippen LogP contribution in [0.15, 0.2) is 52.2 Å². The molecule has 2 N–H and O–H groups in total. The SMILES string of the molecule is CCOc1ccc(S(=O)(=O)Nc2ccc(OCC)c(-c3nn4c(C5CCCC5)nc(C)c4c(=O)[nH]3)c2)cc1. The molecule has 2 aromatic heterocycles. The number of nitrogens with zero attached hydrogens (tertiary/aromatic N) is 3. The molecule has 2 aromatic carbocycles. The summed E-state index contributed by atoms with van der Waals surface area (Å²) in [7, 11) is -3.88. The highest BCUT2D eigenvalue weighted by molar-refractivity contribution is 7.92. The maximum Gasteiger partial charge on any atom is 0.277 e. The van der Waals surface area contributed by atoms with Crippen molar-refractivity contribution in [3.63, 3.8) is 0 Å². The van der Waals surface area contributed by atoms with Gasteiger partial charge in [0.05, 0.1) is 29.4 Å². The van der Waals surface area contributed by atoms with E-state index >= 15 is 0 Å². The molecule has 2 heterocycles. The molecule has 200 valence electrons. The van der Waals surface area contributed by atoms with Gasteiger partial charge in [-0.15, -0.1) is 5.10 Å². The van der Waals surface area contributed by atoms with Crippen LogP contribution in [0.25, 0.3) is 16.9 Å². The molecule has 0 saturated heterocycles. The van der Waals surface area contributed by atoms with Gasteiger partial charge in [-0.25, -0.2) is 17.9 Å². The summed E-state index contributed by atoms with van der Waals surface area (Å²) >= 11 is 0. The Morgan fingerprint density at radius 2 is 1.76 bits per heavy atom. The standard InChI is InChI=1S/C27H31N5O5S/c1-4-36-20-11-13-21(14-12-20)38(34,35)31-19-10-15-23(37-5-2)22(16-19)25-29-27(33)24-17(3)28-26(32(24)30-25)18-8-6-7-9-18/h10-16,18,31H,4-9H2,1-3H3,(H,29,30,33). The van der Waals surface area contributed by atoms with E-state index in [9.17, 15) is 13.2 Å². The Morgan fingerprint density at radius 3 is 2.45 bits per heavy atom. The van der Waals surface area contributed by atoms with Gasteiger partial charge in [0.2, 0.25) is 0 Å². The van der Waals surface area contributed by atoms with Crippen LogP contribution in [0.2, 0.25) is 0 Å². The Balaban J connectivity index is 1.55. The molecule has 0 spiro atoms. The smallest absolute Gasteiger partial charge is 0.277 e. The highest BCUT2D eigenvalue weighted by Crippen LogP contribution is 2.35. The first-order valence-electron chi connectivity index (χ1n) is 12.8. The fourth-order valence-electron chi connectivity index (χ4n) is 4.92. The molecule has 0 radical (unpaired) electrons. The summed E-state index contributed by atoms with van der Waals surface area (Å²) < 4.78 is 41.6. The second-order valence-corrected chi connectivity index (χ2v) is 10.9. The molecule has 1 fully saturated rings. The molecule has 1 saturated carbocycles. The average Bonchev–Trinajstić information content (AvgIpc) is 3.54. The Bertz CT molecular complexity index is 1620. The Labute approximate surface area is 221 Å². The van der Waals surface area contributed by atoms with Gasteiger partial charge in [-0.05, 0) is 76.1 Å². The molecular weight excluding hydrogens is 506 g/mol. The van der Waals surface area contributed by atoms with Crippen LogP contribution >= 0.6 is 0 Å². The molecule has 11 heteroatoms. The molecule has 5 rings (SSSR count). The molecule has 4 aromatic rings. The summed E-state index contributed by atoms with van der Waals surface area (Å²) in [5.74, 6) is 2.36. The summed E-state index contributed by atoms with van der Waals surface area (Å²) in [6.07, 6.45) is 4.27. The minimum absolute atomic E-state index is 0.0967. The lowest BCUT2D eigenvalue weighted by Gasteiger charge is -2.14. The minimum atomic E-state index is -3.88. The first kappa shape index (κ1) is 25.8. The Hall–Kier alpha value is -3.86. The van der Waals surface area contributed by atoms with E-state index in [-0.39, 0.29) is 22.2 Å². The minimum Gasteiger partial charge on any atom is -0.494 e. The number of H-pyrrole nitrogens is 1. The number of rotatable bonds is 9. The van der Waals surface area contributed by atoms with Gasteiger partial charge >= 0.3 is 0 Å². The summed E-state index contributed by atoms with van der Waals surface area (Å²) in [6.45, 7) is 6.39. The van der Waals surface area contributed by atoms with Gasteiger partial charge in [-0.3, -0.25) is 9.52 Å². The molecule has 0 atom stereocenters. The Morgan fingerprint density at radius 1 is 1.05 bits per heavy atom. The van der Waals surface area contributed by atoms with Crippen molar-refractivity contribution in [3.8, 4) is 22.9 Å².